The number of hydrogen-bond acceptors (Lipinski definition) is 9. The molecule has 0 fully saturated rings. The standard InChI is InChI=1S/C36H33N3O5S/c1-23-20-21-45-36(23)34(22-24(2)25(3)37-43-27(5)40)39(32-16-12-29(13-17-32)26(4)38-44-28(6)41)33-18-14-31(15-19-33)35(42)30-10-8-7-9-11-30/h7-22H,1H2,2-6H3/b24-22+,36-34-,37-25+,38-26-. The Morgan fingerprint density at radius 2 is 1.24 bits per heavy atom. The normalized spacial score (nSPS) is 12.8. The molecular formula is C36H33N3O5S. The van der Waals surface area contributed by atoms with E-state index >= 15 is 0 Å². The van der Waals surface area contributed by atoms with E-state index in [1.807, 2.05) is 91.2 Å². The van der Waals surface area contributed by atoms with Crippen LogP contribution in [-0.4, -0.2) is 29.1 Å². The van der Waals surface area contributed by atoms with Gasteiger partial charge in [0.05, 0.1) is 21.7 Å². The first-order valence-corrected chi connectivity index (χ1v) is 14.9. The maximum absolute atomic E-state index is 13.2. The van der Waals surface area contributed by atoms with Crippen LogP contribution in [0.15, 0.2) is 112 Å². The van der Waals surface area contributed by atoms with Crippen molar-refractivity contribution >= 4 is 64.1 Å². The van der Waals surface area contributed by atoms with Crippen molar-refractivity contribution in [3.63, 3.8) is 0 Å². The molecule has 1 heterocycles. The first kappa shape index (κ1) is 32.5. The summed E-state index contributed by atoms with van der Waals surface area (Å²) in [5.41, 5.74) is 6.17. The van der Waals surface area contributed by atoms with Crippen LogP contribution in [0.25, 0.3) is 12.3 Å². The molecule has 8 nitrogen and oxygen atoms in total. The molecule has 0 amide bonds. The third-order valence-electron chi connectivity index (χ3n) is 6.73. The largest absolute Gasteiger partial charge is 0.331 e. The molecule has 0 aliphatic rings. The van der Waals surface area contributed by atoms with Crippen LogP contribution in [-0.2, 0) is 19.3 Å². The summed E-state index contributed by atoms with van der Waals surface area (Å²) < 4.78 is 0.913. The highest BCUT2D eigenvalue weighted by molar-refractivity contribution is 7.07. The van der Waals surface area contributed by atoms with Crippen molar-refractivity contribution in [1.82, 2.24) is 0 Å². The van der Waals surface area contributed by atoms with Gasteiger partial charge in [0.1, 0.15) is 0 Å². The number of oxime groups is 2. The van der Waals surface area contributed by atoms with E-state index in [-0.39, 0.29) is 5.78 Å². The number of ketones is 1. The number of allylic oxidation sites excluding steroid dienone is 1. The molecule has 228 valence electrons. The lowest BCUT2D eigenvalue weighted by Gasteiger charge is -2.27. The van der Waals surface area contributed by atoms with Crippen molar-refractivity contribution in [3.05, 3.63) is 128 Å². The number of hydrogen-bond donors (Lipinski definition) is 0. The zero-order chi connectivity index (χ0) is 32.5. The summed E-state index contributed by atoms with van der Waals surface area (Å²) in [4.78, 5) is 47.6. The van der Waals surface area contributed by atoms with Gasteiger partial charge in [0.2, 0.25) is 0 Å². The number of thiophene rings is 1. The first-order chi connectivity index (χ1) is 21.5. The minimum Gasteiger partial charge on any atom is -0.318 e. The molecule has 45 heavy (non-hydrogen) atoms. The molecule has 0 atom stereocenters. The quantitative estimate of drug-likeness (QED) is 0.0869. The van der Waals surface area contributed by atoms with Crippen molar-refractivity contribution in [1.29, 1.82) is 0 Å². The molecule has 0 aliphatic carbocycles. The number of rotatable bonds is 10. The summed E-state index contributed by atoms with van der Waals surface area (Å²) in [6.45, 7) is 12.3. The summed E-state index contributed by atoms with van der Waals surface area (Å²) in [6, 6.07) is 26.1. The lowest BCUT2D eigenvalue weighted by atomic mass is 10.0. The number of anilines is 2. The van der Waals surface area contributed by atoms with Crippen molar-refractivity contribution in [2.45, 2.75) is 34.6 Å². The lowest BCUT2D eigenvalue weighted by Crippen LogP contribution is -2.28. The Kier molecular flexibility index (Phi) is 10.7. The second kappa shape index (κ2) is 14.9. The van der Waals surface area contributed by atoms with E-state index in [4.69, 9.17) is 9.68 Å². The molecule has 4 rings (SSSR count). The van der Waals surface area contributed by atoms with Crippen LogP contribution in [0.2, 0.25) is 0 Å². The molecule has 3 aromatic carbocycles. The Morgan fingerprint density at radius 1 is 0.711 bits per heavy atom. The molecule has 0 N–H and O–H groups in total. The monoisotopic (exact) mass is 619 g/mol. The van der Waals surface area contributed by atoms with Gasteiger partial charge in [0.15, 0.2) is 5.78 Å². The van der Waals surface area contributed by atoms with Gasteiger partial charge in [0, 0.05) is 36.3 Å². The van der Waals surface area contributed by atoms with E-state index in [1.54, 1.807) is 26.0 Å². The third-order valence-corrected chi connectivity index (χ3v) is 7.71. The van der Waals surface area contributed by atoms with Gasteiger partial charge in [-0.2, -0.15) is 0 Å². The van der Waals surface area contributed by atoms with Gasteiger partial charge in [-0.1, -0.05) is 59.4 Å². The summed E-state index contributed by atoms with van der Waals surface area (Å²) in [5.74, 6) is -1.08. The van der Waals surface area contributed by atoms with E-state index < -0.39 is 11.9 Å². The molecule has 0 bridgehead atoms. The predicted octanol–water partition coefficient (Wildman–Crippen LogP) is 6.51. The zero-order valence-electron chi connectivity index (χ0n) is 25.7. The zero-order valence-corrected chi connectivity index (χ0v) is 26.6. The van der Waals surface area contributed by atoms with Gasteiger partial charge < -0.3 is 14.6 Å². The maximum atomic E-state index is 13.2. The van der Waals surface area contributed by atoms with Crippen LogP contribution in [0.3, 0.4) is 0 Å². The molecule has 0 radical (unpaired) electrons. The first-order valence-electron chi connectivity index (χ1n) is 14.0. The highest BCUT2D eigenvalue weighted by Crippen LogP contribution is 2.32. The average molecular weight is 620 g/mol. The van der Waals surface area contributed by atoms with E-state index in [9.17, 15) is 14.4 Å². The molecule has 4 aromatic rings. The maximum Gasteiger partial charge on any atom is 0.331 e. The fourth-order valence-corrected chi connectivity index (χ4v) is 5.15. The third kappa shape index (κ3) is 8.36. The summed E-state index contributed by atoms with van der Waals surface area (Å²) in [7, 11) is 0. The predicted molar refractivity (Wildman–Crippen MR) is 180 cm³/mol. The van der Waals surface area contributed by atoms with E-state index in [0.29, 0.717) is 22.6 Å². The minimum atomic E-state index is -0.510. The molecule has 1 aromatic heterocycles. The van der Waals surface area contributed by atoms with Gasteiger partial charge in [-0.15, -0.1) is 11.3 Å². The Bertz CT molecular complexity index is 1910. The van der Waals surface area contributed by atoms with Crippen molar-refractivity contribution < 1.29 is 24.1 Å². The number of carbonyl (C=O) groups is 3. The fourth-order valence-electron chi connectivity index (χ4n) is 4.29. The number of carbonyl (C=O) groups excluding carboxylic acids is 3. The Morgan fingerprint density at radius 3 is 1.78 bits per heavy atom. The van der Waals surface area contributed by atoms with Crippen LogP contribution < -0.4 is 14.7 Å². The van der Waals surface area contributed by atoms with Crippen LogP contribution in [0.4, 0.5) is 11.4 Å². The van der Waals surface area contributed by atoms with Gasteiger partial charge in [-0.05, 0) is 91.0 Å². The van der Waals surface area contributed by atoms with Gasteiger partial charge >= 0.3 is 11.9 Å². The average Bonchev–Trinajstić information content (AvgIpc) is 3.48. The Hall–Kier alpha value is -5.41. The van der Waals surface area contributed by atoms with Gasteiger partial charge in [0.25, 0.3) is 0 Å². The van der Waals surface area contributed by atoms with E-state index in [2.05, 4.69) is 21.8 Å². The molecule has 0 saturated heterocycles. The SMILES string of the molecule is C=c1ccs/c1=C(/C=C(C)/C(C)=N/OC(C)=O)N(c1ccc(C(=O)c2ccccc2)cc1)c1ccc(/C(C)=N\OC(C)=O)cc1. The Balaban J connectivity index is 1.89. The van der Waals surface area contributed by atoms with Gasteiger partial charge in [-0.3, -0.25) is 4.79 Å². The van der Waals surface area contributed by atoms with Crippen molar-refractivity contribution in [2.75, 3.05) is 4.90 Å². The van der Waals surface area contributed by atoms with Crippen molar-refractivity contribution in [3.8, 4) is 0 Å². The van der Waals surface area contributed by atoms with Crippen LogP contribution >= 0.6 is 11.3 Å². The summed E-state index contributed by atoms with van der Waals surface area (Å²) in [5, 5.41) is 10.7. The minimum absolute atomic E-state index is 0.0730. The summed E-state index contributed by atoms with van der Waals surface area (Å²) in [6.07, 6.45) is 1.97. The van der Waals surface area contributed by atoms with Gasteiger partial charge in [-0.25, -0.2) is 9.59 Å². The smallest absolute Gasteiger partial charge is 0.318 e. The second-order valence-corrected chi connectivity index (χ2v) is 11.0. The van der Waals surface area contributed by atoms with Crippen LogP contribution in [0.1, 0.15) is 56.1 Å². The Labute approximate surface area is 265 Å². The van der Waals surface area contributed by atoms with Crippen LogP contribution in [0, 0.1) is 0 Å². The van der Waals surface area contributed by atoms with E-state index in [0.717, 1.165) is 38.0 Å². The lowest BCUT2D eigenvalue weighted by molar-refractivity contribution is -0.141. The topological polar surface area (TPSA) is 97.6 Å². The highest BCUT2D eigenvalue weighted by atomic mass is 32.1. The highest BCUT2D eigenvalue weighted by Gasteiger charge is 2.18. The number of nitrogens with zero attached hydrogens (tertiary/aromatic N) is 3. The van der Waals surface area contributed by atoms with Crippen LogP contribution in [0.5, 0.6) is 0 Å². The fraction of sp³-hybridized carbons (Fsp3) is 0.139. The molecule has 0 saturated carbocycles. The second-order valence-electron chi connectivity index (χ2n) is 10.1. The van der Waals surface area contributed by atoms with Crippen molar-refractivity contribution in [2.24, 2.45) is 10.3 Å². The molecule has 0 aliphatic heterocycles. The molecule has 0 unspecified atom stereocenters. The van der Waals surface area contributed by atoms with E-state index in [1.165, 1.54) is 25.2 Å². The molecular weight excluding hydrogens is 586 g/mol. The molecule has 9 heteroatoms. The number of benzene rings is 3. The molecule has 0 spiro atoms. The summed E-state index contributed by atoms with van der Waals surface area (Å²) >= 11 is 1.54.